The molecule has 1 saturated heterocycles. The maximum absolute atomic E-state index is 6.42. The van der Waals surface area contributed by atoms with Gasteiger partial charge in [0, 0.05) is 44.9 Å². The van der Waals surface area contributed by atoms with Crippen molar-refractivity contribution in [3.05, 3.63) is 28.5 Å². The molecule has 3 unspecified atom stereocenters. The Hall–Kier alpha value is 0.290. The Morgan fingerprint density at radius 3 is 2.94 bits per heavy atom. The zero-order chi connectivity index (χ0) is 13.0. The second kappa shape index (κ2) is 7.17. The molecule has 2 heterocycles. The van der Waals surface area contributed by atoms with Crippen molar-refractivity contribution in [3.8, 4) is 0 Å². The summed E-state index contributed by atoms with van der Waals surface area (Å²) in [6.45, 7) is 2.27. The third-order valence-corrected chi connectivity index (χ3v) is 7.01. The SMILES string of the molecule is CCC1SCCSC1C(N)Cc1cncc(Br)c1. The highest BCUT2D eigenvalue weighted by Crippen LogP contribution is 2.35. The molecule has 3 atom stereocenters. The van der Waals surface area contributed by atoms with Crippen molar-refractivity contribution in [1.82, 2.24) is 4.98 Å². The first-order chi connectivity index (χ1) is 8.70. The van der Waals surface area contributed by atoms with Gasteiger partial charge in [0.1, 0.15) is 0 Å². The number of hydrogen-bond acceptors (Lipinski definition) is 4. The summed E-state index contributed by atoms with van der Waals surface area (Å²) in [6, 6.07) is 2.35. The van der Waals surface area contributed by atoms with E-state index in [2.05, 4.69) is 45.7 Å². The molecule has 2 nitrogen and oxygen atoms in total. The molecule has 1 aliphatic heterocycles. The molecule has 18 heavy (non-hydrogen) atoms. The molecule has 0 aromatic carbocycles. The average Bonchev–Trinajstić information content (AvgIpc) is 2.38. The van der Waals surface area contributed by atoms with Crippen molar-refractivity contribution < 1.29 is 0 Å². The molecular formula is C13H19BrN2S2. The van der Waals surface area contributed by atoms with E-state index in [1.54, 1.807) is 0 Å². The van der Waals surface area contributed by atoms with Crippen LogP contribution in [0.1, 0.15) is 18.9 Å². The van der Waals surface area contributed by atoms with Crippen molar-refractivity contribution in [1.29, 1.82) is 0 Å². The van der Waals surface area contributed by atoms with E-state index < -0.39 is 0 Å². The van der Waals surface area contributed by atoms with Gasteiger partial charge in [-0.3, -0.25) is 4.98 Å². The van der Waals surface area contributed by atoms with Crippen LogP contribution in [0.2, 0.25) is 0 Å². The van der Waals surface area contributed by atoms with E-state index in [0.717, 1.165) is 10.9 Å². The van der Waals surface area contributed by atoms with Crippen LogP contribution >= 0.6 is 39.5 Å². The number of thioether (sulfide) groups is 2. The standard InChI is InChI=1S/C13H19BrN2S2/c1-2-12-13(18-4-3-17-12)11(15)6-9-5-10(14)8-16-7-9/h5,7-8,11-13H,2-4,6,15H2,1H3. The van der Waals surface area contributed by atoms with E-state index in [1.165, 1.54) is 23.5 Å². The van der Waals surface area contributed by atoms with E-state index in [9.17, 15) is 0 Å². The van der Waals surface area contributed by atoms with Crippen LogP contribution in [-0.4, -0.2) is 33.0 Å². The molecule has 100 valence electrons. The Morgan fingerprint density at radius 1 is 1.44 bits per heavy atom. The Morgan fingerprint density at radius 2 is 2.22 bits per heavy atom. The molecule has 0 radical (unpaired) electrons. The van der Waals surface area contributed by atoms with Gasteiger partial charge in [0.2, 0.25) is 0 Å². The monoisotopic (exact) mass is 346 g/mol. The first kappa shape index (κ1) is 14.7. The van der Waals surface area contributed by atoms with Crippen LogP contribution in [0.25, 0.3) is 0 Å². The minimum absolute atomic E-state index is 0.226. The fraction of sp³-hybridized carbons (Fsp3) is 0.615. The minimum atomic E-state index is 0.226. The molecule has 0 bridgehead atoms. The quantitative estimate of drug-likeness (QED) is 0.907. The second-order valence-corrected chi connectivity index (χ2v) is 8.08. The minimum Gasteiger partial charge on any atom is -0.326 e. The Labute approximate surface area is 126 Å². The number of rotatable bonds is 4. The lowest BCUT2D eigenvalue weighted by atomic mass is 10.0. The summed E-state index contributed by atoms with van der Waals surface area (Å²) in [5.74, 6) is 2.50. The van der Waals surface area contributed by atoms with Gasteiger partial charge in [-0.05, 0) is 40.4 Å². The van der Waals surface area contributed by atoms with Gasteiger partial charge in [0.25, 0.3) is 0 Å². The van der Waals surface area contributed by atoms with Crippen LogP contribution in [0.3, 0.4) is 0 Å². The van der Waals surface area contributed by atoms with Crippen molar-refractivity contribution in [3.63, 3.8) is 0 Å². The summed E-state index contributed by atoms with van der Waals surface area (Å²) < 4.78 is 1.03. The van der Waals surface area contributed by atoms with Gasteiger partial charge < -0.3 is 5.73 Å². The molecule has 2 rings (SSSR count). The van der Waals surface area contributed by atoms with Gasteiger partial charge in [0.05, 0.1) is 0 Å². The van der Waals surface area contributed by atoms with E-state index in [-0.39, 0.29) is 6.04 Å². The number of aromatic nitrogens is 1. The number of hydrogen-bond donors (Lipinski definition) is 1. The molecule has 0 amide bonds. The largest absolute Gasteiger partial charge is 0.326 e. The average molecular weight is 347 g/mol. The molecule has 5 heteroatoms. The predicted molar refractivity (Wildman–Crippen MR) is 86.4 cm³/mol. The van der Waals surface area contributed by atoms with Gasteiger partial charge in [-0.25, -0.2) is 0 Å². The highest BCUT2D eigenvalue weighted by Gasteiger charge is 2.29. The van der Waals surface area contributed by atoms with Crippen LogP contribution in [0.4, 0.5) is 0 Å². The zero-order valence-electron chi connectivity index (χ0n) is 10.5. The Balaban J connectivity index is 1.99. The second-order valence-electron chi connectivity index (χ2n) is 4.53. The van der Waals surface area contributed by atoms with E-state index in [1.807, 2.05) is 24.2 Å². The summed E-state index contributed by atoms with van der Waals surface area (Å²) >= 11 is 7.60. The number of nitrogens with zero attached hydrogens (tertiary/aromatic N) is 1. The van der Waals surface area contributed by atoms with Gasteiger partial charge in [-0.15, -0.1) is 0 Å². The molecule has 0 aliphatic carbocycles. The van der Waals surface area contributed by atoms with Gasteiger partial charge in [-0.1, -0.05) is 6.92 Å². The third kappa shape index (κ3) is 3.89. The summed E-state index contributed by atoms with van der Waals surface area (Å²) in [6.07, 6.45) is 5.87. The van der Waals surface area contributed by atoms with Gasteiger partial charge in [0.15, 0.2) is 0 Å². The van der Waals surface area contributed by atoms with Crippen LogP contribution in [0.15, 0.2) is 22.9 Å². The number of pyridine rings is 1. The predicted octanol–water partition coefficient (Wildman–Crippen LogP) is 3.34. The van der Waals surface area contributed by atoms with Crippen molar-refractivity contribution >= 4 is 39.5 Å². The highest BCUT2D eigenvalue weighted by molar-refractivity contribution is 9.10. The molecule has 1 aliphatic rings. The van der Waals surface area contributed by atoms with E-state index in [0.29, 0.717) is 10.5 Å². The van der Waals surface area contributed by atoms with E-state index >= 15 is 0 Å². The summed E-state index contributed by atoms with van der Waals surface area (Å²) in [5, 5.41) is 1.28. The molecule has 0 saturated carbocycles. The molecule has 0 spiro atoms. The normalized spacial score (nSPS) is 25.9. The molecule has 2 N–H and O–H groups in total. The maximum atomic E-state index is 6.42. The molecule has 1 aromatic rings. The first-order valence-electron chi connectivity index (χ1n) is 6.29. The van der Waals surface area contributed by atoms with Crippen LogP contribution in [0, 0.1) is 0 Å². The number of halogens is 1. The lowest BCUT2D eigenvalue weighted by Crippen LogP contribution is -2.43. The highest BCUT2D eigenvalue weighted by atomic mass is 79.9. The van der Waals surface area contributed by atoms with Crippen molar-refractivity contribution in [2.45, 2.75) is 36.3 Å². The Kier molecular flexibility index (Phi) is 5.86. The fourth-order valence-corrected chi connectivity index (χ4v) is 5.90. The van der Waals surface area contributed by atoms with Gasteiger partial charge >= 0.3 is 0 Å². The molecule has 1 aromatic heterocycles. The third-order valence-electron chi connectivity index (χ3n) is 3.15. The van der Waals surface area contributed by atoms with E-state index in [4.69, 9.17) is 5.73 Å². The topological polar surface area (TPSA) is 38.9 Å². The fourth-order valence-electron chi connectivity index (χ4n) is 2.29. The lowest BCUT2D eigenvalue weighted by Gasteiger charge is -2.34. The maximum Gasteiger partial charge on any atom is 0.0410 e. The Bertz CT molecular complexity index is 389. The summed E-state index contributed by atoms with van der Waals surface area (Å²) in [4.78, 5) is 4.21. The molecular weight excluding hydrogens is 328 g/mol. The number of nitrogens with two attached hydrogens (primary N) is 1. The van der Waals surface area contributed by atoms with Crippen LogP contribution in [0.5, 0.6) is 0 Å². The zero-order valence-corrected chi connectivity index (χ0v) is 13.7. The lowest BCUT2D eigenvalue weighted by molar-refractivity contribution is 0.596. The van der Waals surface area contributed by atoms with Crippen LogP contribution in [-0.2, 0) is 6.42 Å². The first-order valence-corrected chi connectivity index (χ1v) is 9.18. The summed E-state index contributed by atoms with van der Waals surface area (Å²) in [5.41, 5.74) is 7.64. The molecule has 1 fully saturated rings. The van der Waals surface area contributed by atoms with Crippen molar-refractivity contribution in [2.24, 2.45) is 5.73 Å². The van der Waals surface area contributed by atoms with Gasteiger partial charge in [-0.2, -0.15) is 23.5 Å². The van der Waals surface area contributed by atoms with Crippen molar-refractivity contribution in [2.75, 3.05) is 11.5 Å². The summed E-state index contributed by atoms with van der Waals surface area (Å²) in [7, 11) is 0. The van der Waals surface area contributed by atoms with Crippen LogP contribution < -0.4 is 5.73 Å². The smallest absolute Gasteiger partial charge is 0.0410 e.